The molecule has 0 spiro atoms. The van der Waals surface area contributed by atoms with E-state index in [1.54, 1.807) is 6.92 Å². The average Bonchev–Trinajstić information content (AvgIpc) is 2.52. The summed E-state index contributed by atoms with van der Waals surface area (Å²) in [7, 11) is 0. The number of hydrogen-bond acceptors (Lipinski definition) is 3. The van der Waals surface area contributed by atoms with E-state index in [0.29, 0.717) is 23.9 Å². The molecule has 1 aromatic rings. The first-order chi connectivity index (χ1) is 12.3. The Bertz CT molecular complexity index is 733. The van der Waals surface area contributed by atoms with Gasteiger partial charge in [-0.25, -0.2) is 0 Å². The van der Waals surface area contributed by atoms with Crippen molar-refractivity contribution in [2.75, 3.05) is 5.32 Å². The number of hydrogen-bond donors (Lipinski definition) is 1. The summed E-state index contributed by atoms with van der Waals surface area (Å²) < 4.78 is 5.63. The Balaban J connectivity index is 1.42. The molecule has 4 aliphatic carbocycles. The third-order valence-corrected chi connectivity index (χ3v) is 6.80. The van der Waals surface area contributed by atoms with Crippen molar-refractivity contribution in [3.8, 4) is 0 Å². The molecule has 4 bridgehead atoms. The van der Waals surface area contributed by atoms with Crippen LogP contribution in [0.5, 0.6) is 0 Å². The summed E-state index contributed by atoms with van der Waals surface area (Å²) in [6.45, 7) is 3.61. The molecule has 0 radical (unpaired) electrons. The average molecular weight is 376 g/mol. The first-order valence-corrected chi connectivity index (χ1v) is 9.92. The number of rotatable bonds is 4. The summed E-state index contributed by atoms with van der Waals surface area (Å²) in [6, 6.07) is 7.57. The van der Waals surface area contributed by atoms with Gasteiger partial charge in [-0.1, -0.05) is 12.1 Å². The molecule has 0 heterocycles. The number of esters is 1. The first-order valence-electron chi connectivity index (χ1n) is 9.55. The minimum atomic E-state index is -0.817. The molecule has 1 amide bonds. The standard InChI is InChI=1S/C21H26ClNO3/c1-13-4-3-5-17(6-13)23-18(24)14(2)26-19(25)20-8-15-7-16(9-20)11-21(22,10-15)12-20/h3-6,14-16H,7-12H2,1-2H3,(H,23,24)/t14-,15-,16+,20?,21?/m1/s1. The molecule has 5 atom stereocenters. The minimum absolute atomic E-state index is 0.233. The van der Waals surface area contributed by atoms with E-state index in [2.05, 4.69) is 5.32 Å². The summed E-state index contributed by atoms with van der Waals surface area (Å²) in [4.78, 5) is 25.2. The van der Waals surface area contributed by atoms with Crippen LogP contribution in [0.1, 0.15) is 51.0 Å². The topological polar surface area (TPSA) is 55.4 Å². The first kappa shape index (κ1) is 17.8. The maximum absolute atomic E-state index is 13.0. The molecule has 5 heteroatoms. The van der Waals surface area contributed by atoms with Crippen LogP contribution in [0.15, 0.2) is 24.3 Å². The second kappa shape index (κ2) is 6.26. The van der Waals surface area contributed by atoms with Crippen LogP contribution in [0.4, 0.5) is 5.69 Å². The number of aryl methyl sites for hydroxylation is 1. The van der Waals surface area contributed by atoms with Gasteiger partial charge < -0.3 is 10.1 Å². The van der Waals surface area contributed by atoms with E-state index in [0.717, 1.165) is 31.2 Å². The number of alkyl halides is 1. The Kier molecular flexibility index (Phi) is 4.30. The van der Waals surface area contributed by atoms with Crippen molar-refractivity contribution in [1.29, 1.82) is 0 Å². The van der Waals surface area contributed by atoms with E-state index < -0.39 is 11.5 Å². The molecule has 4 nitrogen and oxygen atoms in total. The highest BCUT2D eigenvalue weighted by Gasteiger charge is 2.61. The molecule has 4 saturated carbocycles. The van der Waals surface area contributed by atoms with Crippen LogP contribution in [0.3, 0.4) is 0 Å². The van der Waals surface area contributed by atoms with E-state index >= 15 is 0 Å². The lowest BCUT2D eigenvalue weighted by Crippen LogP contribution is -2.57. The number of ether oxygens (including phenoxy) is 1. The van der Waals surface area contributed by atoms with Crippen LogP contribution < -0.4 is 5.32 Å². The molecule has 0 saturated heterocycles. The lowest BCUT2D eigenvalue weighted by Gasteiger charge is -2.58. The highest BCUT2D eigenvalue weighted by atomic mass is 35.5. The second-order valence-corrected chi connectivity index (χ2v) is 9.60. The molecule has 1 N–H and O–H groups in total. The van der Waals surface area contributed by atoms with Crippen molar-refractivity contribution >= 4 is 29.2 Å². The smallest absolute Gasteiger partial charge is 0.312 e. The van der Waals surface area contributed by atoms with Gasteiger partial charge in [-0.3, -0.25) is 9.59 Å². The zero-order chi connectivity index (χ0) is 18.5. The van der Waals surface area contributed by atoms with E-state index in [-0.39, 0.29) is 16.8 Å². The molecule has 4 aliphatic rings. The summed E-state index contributed by atoms with van der Waals surface area (Å²) in [6.07, 6.45) is 4.83. The predicted octanol–water partition coefficient (Wildman–Crippen LogP) is 4.44. The number of anilines is 1. The van der Waals surface area contributed by atoms with E-state index in [1.165, 1.54) is 6.42 Å². The summed E-state index contributed by atoms with van der Waals surface area (Å²) in [5.74, 6) is 0.522. The molecule has 2 unspecified atom stereocenters. The van der Waals surface area contributed by atoms with Crippen LogP contribution in [0, 0.1) is 24.2 Å². The number of halogens is 1. The van der Waals surface area contributed by atoms with E-state index in [9.17, 15) is 9.59 Å². The van der Waals surface area contributed by atoms with Gasteiger partial charge in [0, 0.05) is 10.6 Å². The fraction of sp³-hybridized carbons (Fsp3) is 0.619. The summed E-state index contributed by atoms with van der Waals surface area (Å²) in [5.41, 5.74) is 1.30. The molecule has 1 aromatic carbocycles. The van der Waals surface area contributed by atoms with E-state index in [4.69, 9.17) is 16.3 Å². The maximum Gasteiger partial charge on any atom is 0.312 e. The number of carbonyl (C=O) groups excluding carboxylic acids is 2. The predicted molar refractivity (Wildman–Crippen MR) is 101 cm³/mol. The van der Waals surface area contributed by atoms with Crippen molar-refractivity contribution in [3.63, 3.8) is 0 Å². The molecular formula is C21H26ClNO3. The molecule has 140 valence electrons. The van der Waals surface area contributed by atoms with Gasteiger partial charge in [0.1, 0.15) is 0 Å². The van der Waals surface area contributed by atoms with Crippen molar-refractivity contribution < 1.29 is 14.3 Å². The van der Waals surface area contributed by atoms with Gasteiger partial charge in [0.25, 0.3) is 5.91 Å². The Hall–Kier alpha value is -1.55. The molecule has 26 heavy (non-hydrogen) atoms. The third kappa shape index (κ3) is 3.24. The Morgan fingerprint density at radius 1 is 1.23 bits per heavy atom. The molecule has 5 rings (SSSR count). The molecular weight excluding hydrogens is 350 g/mol. The number of carbonyl (C=O) groups is 2. The largest absolute Gasteiger partial charge is 0.452 e. The normalized spacial score (nSPS) is 35.8. The fourth-order valence-electron chi connectivity index (χ4n) is 5.70. The zero-order valence-corrected chi connectivity index (χ0v) is 16.1. The minimum Gasteiger partial charge on any atom is -0.452 e. The second-order valence-electron chi connectivity index (χ2n) is 8.80. The number of nitrogens with one attached hydrogen (secondary N) is 1. The van der Waals surface area contributed by atoms with Gasteiger partial charge in [0.2, 0.25) is 0 Å². The lowest BCUT2D eigenvalue weighted by atomic mass is 9.49. The van der Waals surface area contributed by atoms with Crippen molar-refractivity contribution in [3.05, 3.63) is 29.8 Å². The fourth-order valence-corrected chi connectivity index (χ4v) is 6.39. The quantitative estimate of drug-likeness (QED) is 0.625. The highest BCUT2D eigenvalue weighted by Crippen LogP contribution is 2.64. The van der Waals surface area contributed by atoms with Crippen molar-refractivity contribution in [2.45, 2.75) is 63.4 Å². The van der Waals surface area contributed by atoms with Crippen LogP contribution in [-0.2, 0) is 14.3 Å². The van der Waals surface area contributed by atoms with Gasteiger partial charge in [-0.2, -0.15) is 0 Å². The van der Waals surface area contributed by atoms with Crippen LogP contribution in [0.2, 0.25) is 0 Å². The lowest BCUT2D eigenvalue weighted by molar-refractivity contribution is -0.176. The van der Waals surface area contributed by atoms with Gasteiger partial charge >= 0.3 is 5.97 Å². The Morgan fingerprint density at radius 3 is 2.54 bits per heavy atom. The van der Waals surface area contributed by atoms with Gasteiger partial charge in [0.05, 0.1) is 5.41 Å². The monoisotopic (exact) mass is 375 g/mol. The summed E-state index contributed by atoms with van der Waals surface area (Å²) in [5, 5.41) is 2.83. The molecule has 0 aliphatic heterocycles. The zero-order valence-electron chi connectivity index (χ0n) is 15.4. The molecule has 4 fully saturated rings. The Morgan fingerprint density at radius 2 is 1.92 bits per heavy atom. The van der Waals surface area contributed by atoms with Gasteiger partial charge in [-0.15, -0.1) is 11.6 Å². The molecule has 0 aromatic heterocycles. The maximum atomic E-state index is 13.0. The van der Waals surface area contributed by atoms with Crippen molar-refractivity contribution in [2.24, 2.45) is 17.3 Å². The van der Waals surface area contributed by atoms with Gasteiger partial charge in [0.15, 0.2) is 6.10 Å². The Labute approximate surface area is 159 Å². The third-order valence-electron chi connectivity index (χ3n) is 6.36. The number of benzene rings is 1. The van der Waals surface area contributed by atoms with Gasteiger partial charge in [-0.05, 0) is 81.9 Å². The SMILES string of the molecule is Cc1cccc(NC(=O)[C@@H](C)OC(=O)C23C[C@@H]4C[C@@H](CC(Cl)(C4)C2)C3)c1. The van der Waals surface area contributed by atoms with Crippen LogP contribution >= 0.6 is 11.6 Å². The summed E-state index contributed by atoms with van der Waals surface area (Å²) >= 11 is 6.80. The number of amides is 1. The highest BCUT2D eigenvalue weighted by molar-refractivity contribution is 6.24. The van der Waals surface area contributed by atoms with Crippen LogP contribution in [-0.4, -0.2) is 22.9 Å². The van der Waals surface area contributed by atoms with Crippen molar-refractivity contribution in [1.82, 2.24) is 0 Å². The van der Waals surface area contributed by atoms with Crippen LogP contribution in [0.25, 0.3) is 0 Å². The van der Waals surface area contributed by atoms with E-state index in [1.807, 2.05) is 31.2 Å².